The number of anilines is 7. The average molecular weight is 2120 g/mol. The lowest BCUT2D eigenvalue weighted by Crippen LogP contribution is -2.48. The molecule has 0 spiro atoms. The number of thiazole rings is 4. The van der Waals surface area contributed by atoms with E-state index in [1.165, 1.54) is 24.3 Å². The molecule has 3 aromatic carbocycles. The number of thioether (sulfide) groups is 4. The van der Waals surface area contributed by atoms with Crippen LogP contribution in [0.25, 0.3) is 0 Å². The predicted molar refractivity (Wildman–Crippen MR) is 585 cm³/mol. The zero-order valence-corrected chi connectivity index (χ0v) is 90.5. The Balaban J connectivity index is 0.000000162. The van der Waals surface area contributed by atoms with Gasteiger partial charge < -0.3 is 80.3 Å². The number of aromatic nitrogens is 8. The number of amides is 8. The molecule has 8 N–H and O–H groups in total. The molecule has 5 aliphatic rings. The second-order valence-electron chi connectivity index (χ2n) is 39.0. The van der Waals surface area contributed by atoms with Crippen molar-refractivity contribution in [3.8, 4) is 0 Å². The minimum Gasteiger partial charge on any atom is -0.444 e. The SMILES string of the molecule is C=CC(=O)NC1CCC(C(=O)N2CCC[C@@H](Nc3ncc(SCc4ncc(C(C)(C)C)o4)s3)C2)CC1.C=CC(=O)Nc1ccc(C(=O)N2CCC[C@@H](Nc3ncc(SCc4ccccn4)s3)C2)cc1.C=CC(=O)Nc1cccc(C(=O)N2CCCC(Nc3ncc(SCc4ncc(C(C)(C)C)o4)s3)C2)c1.CN(C)C/C=C/C(=O)Nc1cccc(C(=O)N2CCCC(Nc3ncc(SCc4ncc(C(C)(C)C)o4)s3)C2)c1. The van der Waals surface area contributed by atoms with Crippen molar-refractivity contribution in [3.05, 3.63) is 248 Å². The fourth-order valence-corrected chi connectivity index (χ4v) is 23.5. The quantitative estimate of drug-likeness (QED) is 0.0137. The van der Waals surface area contributed by atoms with Gasteiger partial charge in [0.05, 0.1) is 83.2 Å². The third-order valence-electron chi connectivity index (χ3n) is 24.0. The highest BCUT2D eigenvalue weighted by atomic mass is 32.2. The second kappa shape index (κ2) is 53.5. The Bertz CT molecular complexity index is 6180. The minimum atomic E-state index is -0.308. The largest absolute Gasteiger partial charge is 0.444 e. The maximum absolute atomic E-state index is 13.3. The van der Waals surface area contributed by atoms with Gasteiger partial charge in [0, 0.05) is 163 Å². The number of likely N-dealkylation sites (tertiary alicyclic amines) is 4. The maximum Gasteiger partial charge on any atom is 0.253 e. The van der Waals surface area contributed by atoms with Crippen LogP contribution in [0.15, 0.2) is 221 Å². The number of hydrogen-bond acceptors (Lipinski definition) is 32. The van der Waals surface area contributed by atoms with Gasteiger partial charge in [0.15, 0.2) is 20.5 Å². The van der Waals surface area contributed by atoms with Crippen molar-refractivity contribution in [1.29, 1.82) is 0 Å². The van der Waals surface area contributed by atoms with Crippen molar-refractivity contribution in [2.45, 2.75) is 226 Å². The standard InChI is InChI=1S/C29H38N6O3S2.C26H31N5O3S2.C26H37N5O3S2.C24H25N5O2S2/c1-29(2,3)23-16-30-25(38-23)19-39-26-17-31-28(40-26)33-22-11-7-14-35(18-22)27(37)20-9-6-10-21(15-20)32-24(36)12-8-13-34(4)5;1-5-21(32)29-18-9-6-8-17(12-18)24(33)31-11-7-10-19(15-31)30-25-28-14-23(36-25)35-16-22-27-13-20(34-22)26(2,3)4;1-5-21(32)29-18-10-8-17(9-11-18)24(33)31-12-6-7-19(15-31)30-25-28-14-23(36-25)35-16-22-27-13-20(34-22)26(2,3)4;1-2-21(30)27-18-10-8-17(9-11-18)23(31)29-13-5-7-19(15-29)28-24-26-14-22(33-24)32-16-20-6-3-4-12-25-20/h6,8-10,12,15-17,22H,7,11,13-14,18-19H2,1-5H3,(H,31,33)(H,32,36);5-6,8-9,12-14,19H,1,7,10-11,15-16H2,2-4H3,(H,28,30)(H,29,32);5,13-14,17-19H,1,6-12,15-16H2,2-4H3,(H,28,30)(H,29,32);2-4,6,8-12,14,19H,1,5,7,13,15-16H2,(H,26,28)(H,27,30)/b12-8+;;;/t;;17?,18?,19-;19-/m..11/s1. The van der Waals surface area contributed by atoms with E-state index < -0.39 is 0 Å². The van der Waals surface area contributed by atoms with Gasteiger partial charge >= 0.3 is 0 Å². The smallest absolute Gasteiger partial charge is 0.253 e. The van der Waals surface area contributed by atoms with E-state index in [9.17, 15) is 38.4 Å². The molecule has 0 bridgehead atoms. The summed E-state index contributed by atoms with van der Waals surface area (Å²) in [6.07, 6.45) is 32.8. The van der Waals surface area contributed by atoms with Crippen LogP contribution in [0.4, 0.5) is 37.6 Å². The summed E-state index contributed by atoms with van der Waals surface area (Å²) in [4.78, 5) is 145. The number of carbonyl (C=O) groups excluding carboxylic acids is 8. The van der Waals surface area contributed by atoms with Crippen LogP contribution in [-0.2, 0) is 63.2 Å². The molecule has 4 aliphatic heterocycles. The number of piperidine rings is 4. The van der Waals surface area contributed by atoms with E-state index in [1.807, 2.05) is 94.0 Å². The minimum absolute atomic E-state index is 0.00570. The third kappa shape index (κ3) is 35.0. The highest BCUT2D eigenvalue weighted by Crippen LogP contribution is 2.39. The van der Waals surface area contributed by atoms with Gasteiger partial charge in [-0.1, -0.05) is 152 Å². The van der Waals surface area contributed by atoms with Gasteiger partial charge in [0.25, 0.3) is 17.7 Å². The highest BCUT2D eigenvalue weighted by molar-refractivity contribution is 8.01. The summed E-state index contributed by atoms with van der Waals surface area (Å²) in [6.45, 7) is 35.5. The van der Waals surface area contributed by atoms with E-state index in [-0.39, 0.29) is 99.6 Å². The Labute approximate surface area is 881 Å². The first kappa shape index (κ1) is 110. The molecule has 32 nitrogen and oxygen atoms in total. The fourth-order valence-electron chi connectivity index (χ4n) is 16.2. The molecule has 1 saturated carbocycles. The number of benzene rings is 3. The normalized spacial score (nSPS) is 17.6. The molecular weight excluding hydrogens is 1990 g/mol. The molecule has 4 atom stereocenters. The number of nitrogens with zero attached hydrogens (tertiary/aromatic N) is 13. The van der Waals surface area contributed by atoms with Crippen LogP contribution in [0.2, 0.25) is 0 Å². The molecule has 2 unspecified atom stereocenters. The van der Waals surface area contributed by atoms with E-state index in [0.29, 0.717) is 109 Å². The van der Waals surface area contributed by atoms with E-state index in [4.69, 9.17) is 13.3 Å². The summed E-state index contributed by atoms with van der Waals surface area (Å²) < 4.78 is 22.1. The lowest BCUT2D eigenvalue weighted by molar-refractivity contribution is -0.137. The molecule has 8 aromatic heterocycles. The summed E-state index contributed by atoms with van der Waals surface area (Å²) in [6, 6.07) is 27.7. The van der Waals surface area contributed by atoms with Gasteiger partial charge in [-0.15, -0.1) is 47.0 Å². The Morgan fingerprint density at radius 1 is 0.400 bits per heavy atom. The van der Waals surface area contributed by atoms with Crippen molar-refractivity contribution < 1.29 is 51.6 Å². The molecule has 0 radical (unpaired) electrons. The molecule has 40 heteroatoms. The molecule has 8 amide bonds. The third-order valence-corrected chi connectivity index (χ3v) is 32.4. The number of hydrogen-bond donors (Lipinski definition) is 8. The maximum atomic E-state index is 13.3. The summed E-state index contributed by atoms with van der Waals surface area (Å²) in [5, 5.41) is 28.7. The van der Waals surface area contributed by atoms with Crippen molar-refractivity contribution in [2.75, 3.05) is 110 Å². The Hall–Kier alpha value is -11.8. The van der Waals surface area contributed by atoms with E-state index in [0.717, 1.165) is 162 Å². The second-order valence-corrected chi connectivity index (χ2v) is 48.3. The zero-order valence-electron chi connectivity index (χ0n) is 84.0. The first-order valence-electron chi connectivity index (χ1n) is 48.6. The molecule has 16 rings (SSSR count). The lowest BCUT2D eigenvalue weighted by Gasteiger charge is -2.37. The highest BCUT2D eigenvalue weighted by Gasteiger charge is 2.35. The molecule has 5 fully saturated rings. The Morgan fingerprint density at radius 2 is 0.772 bits per heavy atom. The number of oxazole rings is 3. The van der Waals surface area contributed by atoms with Crippen LogP contribution in [0.5, 0.6) is 0 Å². The summed E-state index contributed by atoms with van der Waals surface area (Å²) in [5.74, 6) is 6.87. The van der Waals surface area contributed by atoms with Crippen LogP contribution in [0, 0.1) is 5.92 Å². The van der Waals surface area contributed by atoms with Crippen LogP contribution in [-0.4, -0.2) is 215 Å². The number of likely N-dealkylation sites (N-methyl/N-ethyl adjacent to an activating group) is 1. The van der Waals surface area contributed by atoms with Gasteiger partial charge in [-0.2, -0.15) is 0 Å². The van der Waals surface area contributed by atoms with Crippen molar-refractivity contribution >= 4 is 177 Å². The van der Waals surface area contributed by atoms with Crippen LogP contribution in [0.1, 0.15) is 211 Å². The van der Waals surface area contributed by atoms with Gasteiger partial charge in [0.2, 0.25) is 47.2 Å². The van der Waals surface area contributed by atoms with Crippen molar-refractivity contribution in [1.82, 2.24) is 69.7 Å². The number of carbonyl (C=O) groups is 8. The number of rotatable bonds is 34. The molecule has 145 heavy (non-hydrogen) atoms. The van der Waals surface area contributed by atoms with Crippen LogP contribution in [0.3, 0.4) is 0 Å². The van der Waals surface area contributed by atoms with Crippen LogP contribution >= 0.6 is 92.4 Å². The first-order chi connectivity index (χ1) is 69.6. The molecule has 1 aliphatic carbocycles. The van der Waals surface area contributed by atoms with Gasteiger partial charge in [-0.05, 0) is 182 Å². The Kier molecular flexibility index (Phi) is 40.8. The molecule has 11 aromatic rings. The molecule has 12 heterocycles. The lowest BCUT2D eigenvalue weighted by atomic mass is 9.84. The van der Waals surface area contributed by atoms with E-state index >= 15 is 0 Å². The predicted octanol–water partition coefficient (Wildman–Crippen LogP) is 20.7. The van der Waals surface area contributed by atoms with Gasteiger partial charge in [-0.25, -0.2) is 34.9 Å². The van der Waals surface area contributed by atoms with Gasteiger partial charge in [-0.3, -0.25) is 43.3 Å². The summed E-state index contributed by atoms with van der Waals surface area (Å²) in [7, 11) is 3.88. The van der Waals surface area contributed by atoms with E-state index in [2.05, 4.69) is 164 Å². The molecule has 4 saturated heterocycles. The first-order valence-corrected chi connectivity index (χ1v) is 55.8. The Morgan fingerprint density at radius 3 is 1.14 bits per heavy atom. The van der Waals surface area contributed by atoms with Crippen LogP contribution < -0.4 is 42.5 Å². The van der Waals surface area contributed by atoms with Crippen molar-refractivity contribution in [3.63, 3.8) is 0 Å². The summed E-state index contributed by atoms with van der Waals surface area (Å²) in [5.41, 5.74) is 4.40. The topological polar surface area (TPSA) is 392 Å². The fraction of sp³-hybridized carbons (Fsp3) is 0.429. The number of nitrogens with one attached hydrogen (secondary N) is 8. The number of pyridine rings is 1. The molecule has 770 valence electrons. The van der Waals surface area contributed by atoms with Gasteiger partial charge in [0.1, 0.15) is 17.3 Å². The van der Waals surface area contributed by atoms with E-state index in [1.54, 1.807) is 184 Å². The zero-order chi connectivity index (χ0) is 103. The monoisotopic (exact) mass is 2120 g/mol. The molecular formula is C105H131N21O11S8. The van der Waals surface area contributed by atoms with Crippen molar-refractivity contribution in [2.24, 2.45) is 5.92 Å². The summed E-state index contributed by atoms with van der Waals surface area (Å²) >= 11 is 13.1. The average Bonchev–Trinajstić information content (AvgIpc) is 1.74.